The van der Waals surface area contributed by atoms with E-state index < -0.39 is 5.97 Å². The Bertz CT molecular complexity index is 762. The van der Waals surface area contributed by atoms with E-state index in [4.69, 9.17) is 16.3 Å². The number of carbonyl (C=O) groups excluding carboxylic acids is 2. The number of benzene rings is 2. The Kier molecular flexibility index (Phi) is 6.91. The number of hydrogen-bond acceptors (Lipinski definition) is 4. The Balaban J connectivity index is 1.92. The largest absolute Gasteiger partial charge is 0.452 e. The van der Waals surface area contributed by atoms with Gasteiger partial charge in [0, 0.05) is 18.5 Å². The van der Waals surface area contributed by atoms with E-state index in [0.29, 0.717) is 11.6 Å². The van der Waals surface area contributed by atoms with Crippen molar-refractivity contribution in [1.82, 2.24) is 4.90 Å². The molecule has 0 aliphatic heterocycles. The first-order valence-corrected chi connectivity index (χ1v) is 9.31. The van der Waals surface area contributed by atoms with Gasteiger partial charge < -0.3 is 9.64 Å². The molecule has 25 heavy (non-hydrogen) atoms. The van der Waals surface area contributed by atoms with Crippen molar-refractivity contribution in [2.24, 2.45) is 0 Å². The maximum Gasteiger partial charge on any atom is 0.340 e. The number of amides is 1. The summed E-state index contributed by atoms with van der Waals surface area (Å²) in [5.41, 5.74) is 2.45. The van der Waals surface area contributed by atoms with Crippen LogP contribution in [0, 0.1) is 6.92 Å². The normalized spacial score (nSPS) is 10.4. The summed E-state index contributed by atoms with van der Waals surface area (Å²) in [6, 6.07) is 13.1. The summed E-state index contributed by atoms with van der Waals surface area (Å²) in [5, 5.41) is 0.309. The van der Waals surface area contributed by atoms with Gasteiger partial charge in [-0.1, -0.05) is 41.4 Å². The van der Waals surface area contributed by atoms with Crippen molar-refractivity contribution in [3.63, 3.8) is 0 Å². The fourth-order valence-electron chi connectivity index (χ4n) is 2.16. The van der Waals surface area contributed by atoms with E-state index in [1.807, 2.05) is 43.5 Å². The lowest BCUT2D eigenvalue weighted by atomic mass is 10.1. The molecule has 1 amide bonds. The highest BCUT2D eigenvalue weighted by Gasteiger charge is 2.16. The molecule has 0 fully saturated rings. The molecule has 0 unspecified atom stereocenters. The highest BCUT2D eigenvalue weighted by molar-refractivity contribution is 7.98. The summed E-state index contributed by atoms with van der Waals surface area (Å²) in [6.45, 7) is 2.15. The maximum absolute atomic E-state index is 12.2. The van der Waals surface area contributed by atoms with Crippen LogP contribution in [0.5, 0.6) is 0 Å². The summed E-state index contributed by atoms with van der Waals surface area (Å²) < 4.78 is 5.12. The molecule has 0 N–H and O–H groups in total. The van der Waals surface area contributed by atoms with E-state index in [2.05, 4.69) is 0 Å². The number of rotatable bonds is 6. The van der Waals surface area contributed by atoms with Crippen LogP contribution in [-0.4, -0.2) is 36.7 Å². The van der Waals surface area contributed by atoms with Gasteiger partial charge in [-0.15, -0.1) is 11.8 Å². The van der Waals surface area contributed by atoms with Crippen molar-refractivity contribution in [2.75, 3.05) is 19.9 Å². The molecule has 0 saturated heterocycles. The second-order valence-corrected chi connectivity index (χ2v) is 6.94. The van der Waals surface area contributed by atoms with Gasteiger partial charge in [-0.3, -0.25) is 4.79 Å². The first-order chi connectivity index (χ1) is 11.9. The van der Waals surface area contributed by atoms with Gasteiger partial charge in [0.1, 0.15) is 0 Å². The van der Waals surface area contributed by atoms with Gasteiger partial charge in [-0.05, 0) is 36.9 Å². The second kappa shape index (κ2) is 8.92. The van der Waals surface area contributed by atoms with Crippen LogP contribution in [0.3, 0.4) is 0 Å². The van der Waals surface area contributed by atoms with E-state index >= 15 is 0 Å². The Morgan fingerprint density at radius 3 is 2.48 bits per heavy atom. The van der Waals surface area contributed by atoms with Crippen LogP contribution in [0.25, 0.3) is 0 Å². The average Bonchev–Trinajstić information content (AvgIpc) is 2.61. The van der Waals surface area contributed by atoms with Crippen LogP contribution < -0.4 is 0 Å². The molecule has 0 saturated carbocycles. The lowest BCUT2D eigenvalue weighted by Crippen LogP contribution is -2.30. The molecule has 0 spiro atoms. The van der Waals surface area contributed by atoms with Crippen LogP contribution in [0.1, 0.15) is 21.5 Å². The quantitative estimate of drug-likeness (QED) is 0.559. The van der Waals surface area contributed by atoms with Crippen LogP contribution in [0.2, 0.25) is 5.02 Å². The third-order valence-electron chi connectivity index (χ3n) is 3.69. The van der Waals surface area contributed by atoms with E-state index in [1.165, 1.54) is 16.7 Å². The van der Waals surface area contributed by atoms with Crippen molar-refractivity contribution >= 4 is 35.2 Å². The van der Waals surface area contributed by atoms with Gasteiger partial charge in [0.15, 0.2) is 6.61 Å². The molecule has 0 aromatic heterocycles. The Labute approximate surface area is 157 Å². The summed E-state index contributed by atoms with van der Waals surface area (Å²) in [7, 11) is 1.68. The SMILES string of the molecule is CSc1ccc(Cl)c(C(=O)OCC(=O)N(C)Cc2ccc(C)cc2)c1. The lowest BCUT2D eigenvalue weighted by molar-refractivity contribution is -0.133. The number of nitrogens with zero attached hydrogens (tertiary/aromatic N) is 1. The predicted octanol–water partition coefficient (Wildman–Crippen LogP) is 4.19. The Morgan fingerprint density at radius 1 is 1.16 bits per heavy atom. The van der Waals surface area contributed by atoms with Crippen LogP contribution in [0.15, 0.2) is 47.4 Å². The monoisotopic (exact) mass is 377 g/mol. The lowest BCUT2D eigenvalue weighted by Gasteiger charge is -2.17. The van der Waals surface area contributed by atoms with Gasteiger partial charge in [0.2, 0.25) is 0 Å². The van der Waals surface area contributed by atoms with Gasteiger partial charge >= 0.3 is 5.97 Å². The minimum absolute atomic E-state index is 0.266. The second-order valence-electron chi connectivity index (χ2n) is 5.66. The summed E-state index contributed by atoms with van der Waals surface area (Å²) >= 11 is 7.54. The molecule has 0 atom stereocenters. The maximum atomic E-state index is 12.2. The number of ether oxygens (including phenoxy) is 1. The molecule has 0 aliphatic carbocycles. The average molecular weight is 378 g/mol. The van der Waals surface area contributed by atoms with E-state index in [-0.39, 0.29) is 18.1 Å². The number of halogens is 1. The molecular formula is C19H20ClNO3S. The summed E-state index contributed by atoms with van der Waals surface area (Å²) in [5.74, 6) is -0.871. The van der Waals surface area contributed by atoms with E-state index in [0.717, 1.165) is 16.0 Å². The predicted molar refractivity (Wildman–Crippen MR) is 101 cm³/mol. The minimum atomic E-state index is -0.599. The molecule has 2 aromatic carbocycles. The molecule has 6 heteroatoms. The van der Waals surface area contributed by atoms with E-state index in [1.54, 1.807) is 19.2 Å². The van der Waals surface area contributed by atoms with Crippen LogP contribution in [-0.2, 0) is 16.1 Å². The number of carbonyl (C=O) groups is 2. The van der Waals surface area contributed by atoms with Crippen molar-refractivity contribution in [3.8, 4) is 0 Å². The van der Waals surface area contributed by atoms with Gasteiger partial charge in [0.25, 0.3) is 5.91 Å². The van der Waals surface area contributed by atoms with Crippen molar-refractivity contribution < 1.29 is 14.3 Å². The molecule has 4 nitrogen and oxygen atoms in total. The molecular weight excluding hydrogens is 358 g/mol. The minimum Gasteiger partial charge on any atom is -0.452 e. The zero-order chi connectivity index (χ0) is 18.4. The van der Waals surface area contributed by atoms with Gasteiger partial charge in [-0.25, -0.2) is 4.79 Å². The van der Waals surface area contributed by atoms with Crippen molar-refractivity contribution in [1.29, 1.82) is 0 Å². The molecule has 0 heterocycles. The molecule has 0 bridgehead atoms. The van der Waals surface area contributed by atoms with Crippen LogP contribution >= 0.6 is 23.4 Å². The fourth-order valence-corrected chi connectivity index (χ4v) is 2.79. The molecule has 2 rings (SSSR count). The Morgan fingerprint density at radius 2 is 1.84 bits per heavy atom. The zero-order valence-electron chi connectivity index (χ0n) is 14.4. The number of aryl methyl sites for hydroxylation is 1. The smallest absolute Gasteiger partial charge is 0.340 e. The first-order valence-electron chi connectivity index (χ1n) is 7.71. The van der Waals surface area contributed by atoms with Crippen molar-refractivity contribution in [3.05, 3.63) is 64.2 Å². The highest BCUT2D eigenvalue weighted by atomic mass is 35.5. The molecule has 132 valence electrons. The number of thioether (sulfide) groups is 1. The number of hydrogen-bond donors (Lipinski definition) is 0. The third-order valence-corrected chi connectivity index (χ3v) is 4.74. The van der Waals surface area contributed by atoms with Crippen molar-refractivity contribution in [2.45, 2.75) is 18.4 Å². The third kappa shape index (κ3) is 5.51. The zero-order valence-corrected chi connectivity index (χ0v) is 16.0. The van der Waals surface area contributed by atoms with Gasteiger partial charge in [-0.2, -0.15) is 0 Å². The topological polar surface area (TPSA) is 46.6 Å². The number of esters is 1. The van der Waals surface area contributed by atoms with Gasteiger partial charge in [0.05, 0.1) is 10.6 Å². The summed E-state index contributed by atoms with van der Waals surface area (Å²) in [4.78, 5) is 26.8. The van der Waals surface area contributed by atoms with Crippen LogP contribution in [0.4, 0.5) is 0 Å². The fraction of sp³-hybridized carbons (Fsp3) is 0.263. The highest BCUT2D eigenvalue weighted by Crippen LogP contribution is 2.23. The molecule has 2 aromatic rings. The molecule has 0 aliphatic rings. The summed E-state index contributed by atoms with van der Waals surface area (Å²) in [6.07, 6.45) is 1.90. The number of likely N-dealkylation sites (N-methyl/N-ethyl adjacent to an activating group) is 1. The van der Waals surface area contributed by atoms with E-state index in [9.17, 15) is 9.59 Å². The molecule has 0 radical (unpaired) electrons. The first kappa shape index (κ1) is 19.3. The standard InChI is InChI=1S/C19H20ClNO3S/c1-13-4-6-14(7-5-13)11-21(2)18(22)12-24-19(23)16-10-15(25-3)8-9-17(16)20/h4-10H,11-12H2,1-3H3. The Hall–Kier alpha value is -1.98.